The fourth-order valence-electron chi connectivity index (χ4n) is 3.78. The van der Waals surface area contributed by atoms with Gasteiger partial charge in [-0.25, -0.2) is 0 Å². The van der Waals surface area contributed by atoms with Gasteiger partial charge in [-0.3, -0.25) is 4.79 Å². The van der Waals surface area contributed by atoms with E-state index < -0.39 is 0 Å². The van der Waals surface area contributed by atoms with Gasteiger partial charge in [0, 0.05) is 11.8 Å². The molecule has 0 aromatic heterocycles. The molecule has 0 N–H and O–H groups in total. The molecule has 2 fully saturated rings. The molecule has 1 nitrogen and oxygen atoms in total. The zero-order valence-electron chi connectivity index (χ0n) is 9.02. The van der Waals surface area contributed by atoms with Gasteiger partial charge >= 0.3 is 0 Å². The molecule has 0 aromatic rings. The molecule has 0 aromatic carbocycles. The summed E-state index contributed by atoms with van der Waals surface area (Å²) < 4.78 is 0. The van der Waals surface area contributed by atoms with Crippen molar-refractivity contribution in [2.75, 3.05) is 0 Å². The Balaban J connectivity index is 2.37. The summed E-state index contributed by atoms with van der Waals surface area (Å²) in [6.07, 6.45) is 5.60. The number of carbonyl (C=O) groups is 1. The van der Waals surface area contributed by atoms with Crippen LogP contribution in [0, 0.1) is 16.7 Å². The first-order valence-corrected chi connectivity index (χ1v) is 5.58. The molecule has 2 atom stereocenters. The molecule has 0 spiro atoms. The second-order valence-corrected chi connectivity index (χ2v) is 5.42. The average molecular weight is 180 g/mol. The van der Waals surface area contributed by atoms with Gasteiger partial charge in [-0.15, -0.1) is 0 Å². The molecule has 13 heavy (non-hydrogen) atoms. The predicted molar refractivity (Wildman–Crippen MR) is 53.5 cm³/mol. The van der Waals surface area contributed by atoms with E-state index in [0.717, 1.165) is 25.7 Å². The Morgan fingerprint density at radius 3 is 2.54 bits per heavy atom. The molecule has 2 aliphatic rings. The van der Waals surface area contributed by atoms with Gasteiger partial charge < -0.3 is 0 Å². The SMILES string of the molecule is CCCC12CCC(CC1=O)C2(C)C. The minimum atomic E-state index is 0.0758. The number of hydrogen-bond acceptors (Lipinski definition) is 1. The van der Waals surface area contributed by atoms with Crippen LogP contribution in [-0.2, 0) is 4.79 Å². The highest BCUT2D eigenvalue weighted by Gasteiger charge is 2.63. The number of carbonyl (C=O) groups excluding carboxylic acids is 1. The molecule has 2 bridgehead atoms. The van der Waals surface area contributed by atoms with Crippen LogP contribution in [0.15, 0.2) is 0 Å². The monoisotopic (exact) mass is 180 g/mol. The first-order valence-electron chi connectivity index (χ1n) is 5.58. The van der Waals surface area contributed by atoms with E-state index >= 15 is 0 Å². The average Bonchev–Trinajstić information content (AvgIpc) is 2.38. The number of ketones is 1. The third kappa shape index (κ3) is 0.908. The van der Waals surface area contributed by atoms with Gasteiger partial charge in [-0.2, -0.15) is 0 Å². The molecule has 0 radical (unpaired) electrons. The van der Waals surface area contributed by atoms with Crippen molar-refractivity contribution in [1.29, 1.82) is 0 Å². The molecule has 74 valence electrons. The van der Waals surface area contributed by atoms with Crippen LogP contribution >= 0.6 is 0 Å². The molecule has 2 saturated carbocycles. The lowest BCUT2D eigenvalue weighted by Gasteiger charge is -2.36. The summed E-state index contributed by atoms with van der Waals surface area (Å²) in [6.45, 7) is 6.82. The standard InChI is InChI=1S/C12H20O/c1-4-6-12-7-5-9(8-10(12)13)11(12,2)3/h9H,4-8H2,1-3H3. The highest BCUT2D eigenvalue weighted by molar-refractivity contribution is 5.89. The molecule has 2 unspecified atom stereocenters. The van der Waals surface area contributed by atoms with Crippen molar-refractivity contribution < 1.29 is 4.79 Å². The van der Waals surface area contributed by atoms with Crippen LogP contribution in [0.4, 0.5) is 0 Å². The zero-order chi connectivity index (χ0) is 9.69. The van der Waals surface area contributed by atoms with Crippen LogP contribution in [-0.4, -0.2) is 5.78 Å². The summed E-state index contributed by atoms with van der Waals surface area (Å²) in [5, 5.41) is 0. The molecule has 0 amide bonds. The Morgan fingerprint density at radius 2 is 2.15 bits per heavy atom. The van der Waals surface area contributed by atoms with E-state index in [1.807, 2.05) is 0 Å². The number of rotatable bonds is 2. The van der Waals surface area contributed by atoms with Gasteiger partial charge in [0.2, 0.25) is 0 Å². The van der Waals surface area contributed by atoms with E-state index in [4.69, 9.17) is 0 Å². The summed E-state index contributed by atoms with van der Waals surface area (Å²) in [4.78, 5) is 12.0. The Labute approximate surface area is 80.9 Å². The van der Waals surface area contributed by atoms with Gasteiger partial charge in [0.15, 0.2) is 0 Å². The normalized spacial score (nSPS) is 41.5. The van der Waals surface area contributed by atoms with Crippen LogP contribution in [0.5, 0.6) is 0 Å². The van der Waals surface area contributed by atoms with E-state index in [9.17, 15) is 4.79 Å². The third-order valence-electron chi connectivity index (χ3n) is 4.82. The second kappa shape index (κ2) is 2.59. The summed E-state index contributed by atoms with van der Waals surface area (Å²) in [5.41, 5.74) is 0.368. The molecular formula is C12H20O. The maximum Gasteiger partial charge on any atom is 0.139 e. The van der Waals surface area contributed by atoms with E-state index in [0.29, 0.717) is 17.1 Å². The largest absolute Gasteiger partial charge is 0.299 e. The molecule has 2 rings (SSSR count). The minimum absolute atomic E-state index is 0.0758. The van der Waals surface area contributed by atoms with Crippen LogP contribution in [0.1, 0.15) is 52.9 Å². The van der Waals surface area contributed by atoms with Crippen LogP contribution in [0.3, 0.4) is 0 Å². The summed E-state index contributed by atoms with van der Waals surface area (Å²) in [7, 11) is 0. The van der Waals surface area contributed by atoms with Crippen molar-refractivity contribution in [3.63, 3.8) is 0 Å². The van der Waals surface area contributed by atoms with E-state index in [1.54, 1.807) is 0 Å². The first-order chi connectivity index (χ1) is 6.04. The van der Waals surface area contributed by atoms with Crippen molar-refractivity contribution in [3.8, 4) is 0 Å². The fraction of sp³-hybridized carbons (Fsp3) is 0.917. The fourth-order valence-corrected chi connectivity index (χ4v) is 3.78. The zero-order valence-corrected chi connectivity index (χ0v) is 9.02. The van der Waals surface area contributed by atoms with Gasteiger partial charge in [-0.05, 0) is 30.6 Å². The van der Waals surface area contributed by atoms with Gasteiger partial charge in [0.05, 0.1) is 0 Å². The lowest BCUT2D eigenvalue weighted by atomic mass is 9.66. The third-order valence-corrected chi connectivity index (χ3v) is 4.82. The Hall–Kier alpha value is -0.330. The van der Waals surface area contributed by atoms with Gasteiger partial charge in [0.25, 0.3) is 0 Å². The highest BCUT2D eigenvalue weighted by Crippen LogP contribution is 2.65. The summed E-state index contributed by atoms with van der Waals surface area (Å²) >= 11 is 0. The Kier molecular flexibility index (Phi) is 1.84. The van der Waals surface area contributed by atoms with Crippen molar-refractivity contribution in [3.05, 3.63) is 0 Å². The van der Waals surface area contributed by atoms with Crippen LogP contribution < -0.4 is 0 Å². The molecule has 0 saturated heterocycles. The molecular weight excluding hydrogens is 160 g/mol. The van der Waals surface area contributed by atoms with E-state index in [-0.39, 0.29) is 5.41 Å². The number of Topliss-reactive ketones (excluding diaryl/α,β-unsaturated/α-hetero) is 1. The van der Waals surface area contributed by atoms with Crippen molar-refractivity contribution >= 4 is 5.78 Å². The molecule has 0 heterocycles. The van der Waals surface area contributed by atoms with Crippen LogP contribution in [0.2, 0.25) is 0 Å². The minimum Gasteiger partial charge on any atom is -0.299 e. The van der Waals surface area contributed by atoms with Crippen LogP contribution in [0.25, 0.3) is 0 Å². The Bertz CT molecular complexity index is 242. The molecule has 0 aliphatic heterocycles. The van der Waals surface area contributed by atoms with Crippen molar-refractivity contribution in [2.24, 2.45) is 16.7 Å². The summed E-state index contributed by atoms with van der Waals surface area (Å²) in [6, 6.07) is 0. The number of fused-ring (bicyclic) bond motifs is 2. The van der Waals surface area contributed by atoms with Crippen molar-refractivity contribution in [2.45, 2.75) is 52.9 Å². The van der Waals surface area contributed by atoms with Gasteiger partial charge in [0.1, 0.15) is 5.78 Å². The molecule has 2 aliphatic carbocycles. The highest BCUT2D eigenvalue weighted by atomic mass is 16.1. The predicted octanol–water partition coefficient (Wildman–Crippen LogP) is 3.18. The lowest BCUT2D eigenvalue weighted by Crippen LogP contribution is -2.35. The quantitative estimate of drug-likeness (QED) is 0.638. The maximum atomic E-state index is 12.0. The summed E-state index contributed by atoms with van der Waals surface area (Å²) in [5.74, 6) is 1.25. The first kappa shape index (κ1) is 9.23. The smallest absolute Gasteiger partial charge is 0.139 e. The van der Waals surface area contributed by atoms with Gasteiger partial charge in [-0.1, -0.05) is 27.2 Å². The molecule has 1 heteroatoms. The van der Waals surface area contributed by atoms with E-state index in [2.05, 4.69) is 20.8 Å². The van der Waals surface area contributed by atoms with E-state index in [1.165, 1.54) is 6.42 Å². The maximum absolute atomic E-state index is 12.0. The van der Waals surface area contributed by atoms with Crippen molar-refractivity contribution in [1.82, 2.24) is 0 Å². The lowest BCUT2D eigenvalue weighted by molar-refractivity contribution is -0.129. The number of hydrogen-bond donors (Lipinski definition) is 0. The second-order valence-electron chi connectivity index (χ2n) is 5.42. The topological polar surface area (TPSA) is 17.1 Å². The Morgan fingerprint density at radius 1 is 1.46 bits per heavy atom.